The van der Waals surface area contributed by atoms with E-state index < -0.39 is 4.92 Å². The minimum atomic E-state index is -0.549. The number of thiophene rings is 1. The van der Waals surface area contributed by atoms with Gasteiger partial charge in [0.2, 0.25) is 0 Å². The summed E-state index contributed by atoms with van der Waals surface area (Å²) in [5.41, 5.74) is 0.0808. The maximum absolute atomic E-state index is 12.3. The summed E-state index contributed by atoms with van der Waals surface area (Å²) < 4.78 is 0. The lowest BCUT2D eigenvalue weighted by atomic mass is 10.1. The standard InChI is InChI=1S/C15H16ClN3O3S/c1-18(2)13(14-4-3-7-23-14)9-17-15(20)11-6-5-10(19(21)22)8-12(11)16/h3-8,13H,9H2,1-2H3,(H,17,20)/t13-/m0/s1. The number of hydrogen-bond donors (Lipinski definition) is 1. The zero-order chi connectivity index (χ0) is 17.0. The molecule has 0 aliphatic heterocycles. The molecule has 0 saturated heterocycles. The van der Waals surface area contributed by atoms with Gasteiger partial charge in [-0.15, -0.1) is 11.3 Å². The molecule has 1 heterocycles. The largest absolute Gasteiger partial charge is 0.350 e. The van der Waals surface area contributed by atoms with Crippen molar-refractivity contribution in [2.24, 2.45) is 0 Å². The van der Waals surface area contributed by atoms with E-state index in [0.717, 1.165) is 4.88 Å². The van der Waals surface area contributed by atoms with Crippen molar-refractivity contribution in [3.63, 3.8) is 0 Å². The second kappa shape index (κ2) is 7.54. The monoisotopic (exact) mass is 353 g/mol. The van der Waals surface area contributed by atoms with Crippen LogP contribution in [0.4, 0.5) is 5.69 Å². The van der Waals surface area contributed by atoms with E-state index in [1.165, 1.54) is 18.2 Å². The fraction of sp³-hybridized carbons (Fsp3) is 0.267. The van der Waals surface area contributed by atoms with Crippen LogP contribution in [0.3, 0.4) is 0 Å². The number of nitro benzene ring substituents is 1. The second-order valence-electron chi connectivity index (χ2n) is 5.13. The van der Waals surface area contributed by atoms with Gasteiger partial charge in [-0.25, -0.2) is 0 Å². The number of carbonyl (C=O) groups excluding carboxylic acids is 1. The highest BCUT2D eigenvalue weighted by molar-refractivity contribution is 7.10. The fourth-order valence-electron chi connectivity index (χ4n) is 2.10. The molecule has 1 atom stereocenters. The molecule has 0 radical (unpaired) electrons. The Morgan fingerprint density at radius 3 is 2.70 bits per heavy atom. The van der Waals surface area contributed by atoms with Crippen molar-refractivity contribution in [1.29, 1.82) is 0 Å². The summed E-state index contributed by atoms with van der Waals surface area (Å²) in [7, 11) is 3.88. The first-order valence-corrected chi connectivity index (χ1v) is 8.08. The average molecular weight is 354 g/mol. The summed E-state index contributed by atoms with van der Waals surface area (Å²) in [6.45, 7) is 0.416. The molecule has 122 valence electrons. The molecule has 0 fully saturated rings. The van der Waals surface area contributed by atoms with Gasteiger partial charge in [0.15, 0.2) is 0 Å². The van der Waals surface area contributed by atoms with Gasteiger partial charge in [0.25, 0.3) is 11.6 Å². The fourth-order valence-corrected chi connectivity index (χ4v) is 3.29. The van der Waals surface area contributed by atoms with Gasteiger partial charge in [-0.3, -0.25) is 14.9 Å². The van der Waals surface area contributed by atoms with E-state index in [9.17, 15) is 14.9 Å². The van der Waals surface area contributed by atoms with E-state index in [-0.39, 0.29) is 28.2 Å². The van der Waals surface area contributed by atoms with Crippen molar-refractivity contribution < 1.29 is 9.72 Å². The molecular weight excluding hydrogens is 338 g/mol. The first-order valence-electron chi connectivity index (χ1n) is 6.82. The van der Waals surface area contributed by atoms with Gasteiger partial charge in [0.05, 0.1) is 21.6 Å². The van der Waals surface area contributed by atoms with Crippen LogP contribution in [0.5, 0.6) is 0 Å². The smallest absolute Gasteiger partial charge is 0.270 e. The summed E-state index contributed by atoms with van der Waals surface area (Å²) in [4.78, 5) is 25.6. The Morgan fingerprint density at radius 2 is 2.17 bits per heavy atom. The number of benzene rings is 1. The van der Waals surface area contributed by atoms with Crippen molar-refractivity contribution in [2.75, 3.05) is 20.6 Å². The quantitative estimate of drug-likeness (QED) is 0.638. The normalized spacial score (nSPS) is 12.2. The number of nitro groups is 1. The Kier molecular flexibility index (Phi) is 5.70. The molecule has 2 rings (SSSR count). The van der Waals surface area contributed by atoms with Gasteiger partial charge in [-0.2, -0.15) is 0 Å². The topological polar surface area (TPSA) is 75.5 Å². The third-order valence-corrected chi connectivity index (χ3v) is 4.65. The minimum absolute atomic E-state index is 0.0516. The highest BCUT2D eigenvalue weighted by Gasteiger charge is 2.19. The molecule has 1 amide bonds. The van der Waals surface area contributed by atoms with Gasteiger partial charge in [0, 0.05) is 23.6 Å². The number of likely N-dealkylation sites (N-methyl/N-ethyl adjacent to an activating group) is 1. The number of nitrogens with zero attached hydrogens (tertiary/aromatic N) is 2. The molecular formula is C15H16ClN3O3S. The molecule has 0 spiro atoms. The van der Waals surface area contributed by atoms with Crippen LogP contribution in [-0.2, 0) is 0 Å². The molecule has 0 aliphatic carbocycles. The summed E-state index contributed by atoms with van der Waals surface area (Å²) >= 11 is 7.59. The average Bonchev–Trinajstić information content (AvgIpc) is 3.00. The number of hydrogen-bond acceptors (Lipinski definition) is 5. The molecule has 2 aromatic rings. The summed E-state index contributed by atoms with van der Waals surface area (Å²) in [6.07, 6.45) is 0. The van der Waals surface area contributed by atoms with E-state index in [4.69, 9.17) is 11.6 Å². The maximum atomic E-state index is 12.3. The maximum Gasteiger partial charge on any atom is 0.270 e. The zero-order valence-electron chi connectivity index (χ0n) is 12.7. The SMILES string of the molecule is CN(C)[C@@H](CNC(=O)c1ccc([N+](=O)[O-])cc1Cl)c1cccs1. The predicted octanol–water partition coefficient (Wildman–Crippen LogP) is 3.34. The molecule has 1 aromatic heterocycles. The molecule has 1 aromatic carbocycles. The number of non-ortho nitro benzene ring substituents is 1. The first kappa shape index (κ1) is 17.4. The van der Waals surface area contributed by atoms with E-state index >= 15 is 0 Å². The lowest BCUT2D eigenvalue weighted by molar-refractivity contribution is -0.384. The van der Waals surface area contributed by atoms with Gasteiger partial charge in [0.1, 0.15) is 0 Å². The molecule has 0 aliphatic rings. The second-order valence-corrected chi connectivity index (χ2v) is 6.51. The first-order chi connectivity index (χ1) is 10.9. The van der Waals surface area contributed by atoms with Gasteiger partial charge in [-0.05, 0) is 31.6 Å². The highest BCUT2D eigenvalue weighted by atomic mass is 35.5. The third kappa shape index (κ3) is 4.28. The van der Waals surface area contributed by atoms with Crippen LogP contribution in [0.25, 0.3) is 0 Å². The van der Waals surface area contributed by atoms with Crippen LogP contribution < -0.4 is 5.32 Å². The minimum Gasteiger partial charge on any atom is -0.350 e. The van der Waals surface area contributed by atoms with E-state index in [2.05, 4.69) is 5.32 Å². The van der Waals surface area contributed by atoms with E-state index in [0.29, 0.717) is 6.54 Å². The third-order valence-electron chi connectivity index (χ3n) is 3.36. The summed E-state index contributed by atoms with van der Waals surface area (Å²) in [5, 5.41) is 15.6. The molecule has 6 nitrogen and oxygen atoms in total. The van der Waals surface area contributed by atoms with Gasteiger partial charge < -0.3 is 10.2 Å². The van der Waals surface area contributed by atoms with Crippen molar-refractivity contribution >= 4 is 34.5 Å². The van der Waals surface area contributed by atoms with Crippen LogP contribution in [0, 0.1) is 10.1 Å². The van der Waals surface area contributed by atoms with Crippen molar-refractivity contribution in [3.8, 4) is 0 Å². The van der Waals surface area contributed by atoms with Crippen LogP contribution >= 0.6 is 22.9 Å². The van der Waals surface area contributed by atoms with Crippen molar-refractivity contribution in [3.05, 3.63) is 61.3 Å². The number of rotatable bonds is 6. The Bertz CT molecular complexity index is 704. The van der Waals surface area contributed by atoms with E-state index in [1.807, 2.05) is 36.5 Å². The van der Waals surface area contributed by atoms with Crippen molar-refractivity contribution in [1.82, 2.24) is 10.2 Å². The Labute approximate surface area is 142 Å². The molecule has 0 saturated carbocycles. The Balaban J connectivity index is 2.08. The predicted molar refractivity (Wildman–Crippen MR) is 91.2 cm³/mol. The van der Waals surface area contributed by atoms with Crippen LogP contribution in [-0.4, -0.2) is 36.4 Å². The molecule has 8 heteroatoms. The van der Waals surface area contributed by atoms with E-state index in [1.54, 1.807) is 11.3 Å². The Hall–Kier alpha value is -1.96. The molecule has 0 unspecified atom stereocenters. The highest BCUT2D eigenvalue weighted by Crippen LogP contribution is 2.24. The van der Waals surface area contributed by atoms with Crippen LogP contribution in [0.2, 0.25) is 5.02 Å². The number of halogens is 1. The number of nitrogens with one attached hydrogen (secondary N) is 1. The lowest BCUT2D eigenvalue weighted by Gasteiger charge is -2.23. The number of amides is 1. The van der Waals surface area contributed by atoms with Gasteiger partial charge >= 0.3 is 0 Å². The zero-order valence-corrected chi connectivity index (χ0v) is 14.2. The molecule has 1 N–H and O–H groups in total. The van der Waals surface area contributed by atoms with Crippen molar-refractivity contribution in [2.45, 2.75) is 6.04 Å². The summed E-state index contributed by atoms with van der Waals surface area (Å²) in [6, 6.07) is 7.84. The molecule has 23 heavy (non-hydrogen) atoms. The summed E-state index contributed by atoms with van der Waals surface area (Å²) in [5.74, 6) is -0.353. The number of carbonyl (C=O) groups is 1. The van der Waals surface area contributed by atoms with Gasteiger partial charge in [-0.1, -0.05) is 17.7 Å². The molecule has 0 bridgehead atoms. The van der Waals surface area contributed by atoms with Crippen LogP contribution in [0.1, 0.15) is 21.3 Å². The van der Waals surface area contributed by atoms with Crippen LogP contribution in [0.15, 0.2) is 35.7 Å². The lowest BCUT2D eigenvalue weighted by Crippen LogP contribution is -2.34. The Morgan fingerprint density at radius 1 is 1.43 bits per heavy atom.